The van der Waals surface area contributed by atoms with Gasteiger partial charge in [-0.15, -0.1) is 0 Å². The summed E-state index contributed by atoms with van der Waals surface area (Å²) >= 11 is 4.53. The monoisotopic (exact) mass is 632 g/mol. The molecule has 82 valence electrons. The van der Waals surface area contributed by atoms with Crippen molar-refractivity contribution >= 4 is 93.5 Å². The molecule has 0 bridgehead atoms. The van der Waals surface area contributed by atoms with Crippen LogP contribution < -0.4 is 4.91 Å². The number of hydrogen-bond acceptors (Lipinski definition) is 0. The van der Waals surface area contributed by atoms with Gasteiger partial charge in [0.2, 0.25) is 0 Å². The summed E-state index contributed by atoms with van der Waals surface area (Å²) in [6.07, 6.45) is 0. The normalized spacial score (nSPS) is 10.9. The number of hydrogen-bond donors (Lipinski definition) is 0. The summed E-state index contributed by atoms with van der Waals surface area (Å²) in [6.45, 7) is 0. The van der Waals surface area contributed by atoms with Crippen LogP contribution in [0.25, 0.3) is 17.7 Å². The summed E-state index contributed by atoms with van der Waals surface area (Å²) < 4.78 is 9.97. The molecule has 0 unspecified atom stereocenters. The van der Waals surface area contributed by atoms with Crippen LogP contribution in [0.15, 0.2) is 36.4 Å². The summed E-state index contributed by atoms with van der Waals surface area (Å²) in [7, 11) is 0. The molecule has 0 saturated carbocycles. The molecule has 0 N–H and O–H groups in total. The van der Waals surface area contributed by atoms with Gasteiger partial charge in [-0.25, -0.2) is 0 Å². The molecule has 0 nitrogen and oxygen atoms in total. The average Bonchev–Trinajstić information content (AvgIpc) is 2.96. The number of rotatable bonds is 2. The molecule has 0 amide bonds. The van der Waals surface area contributed by atoms with E-state index >= 15 is 0 Å². The Bertz CT molecular complexity index is 593. The molecule has 3 aromatic rings. The van der Waals surface area contributed by atoms with Crippen molar-refractivity contribution in [3.63, 3.8) is 0 Å². The summed E-state index contributed by atoms with van der Waals surface area (Å²) in [5, 5.41) is 0. The van der Waals surface area contributed by atoms with Crippen LogP contribution >= 0.6 is 0 Å². The van der Waals surface area contributed by atoms with Crippen molar-refractivity contribution in [2.75, 3.05) is 0 Å². The summed E-state index contributed by atoms with van der Waals surface area (Å²) in [5.74, 6) is 0. The van der Waals surface area contributed by atoms with Crippen molar-refractivity contribution in [1.29, 1.82) is 0 Å². The molecule has 5 heteroatoms. The molecule has 3 rings (SSSR count). The maximum absolute atomic E-state index is 2.39. The van der Waals surface area contributed by atoms with Gasteiger partial charge in [-0.1, -0.05) is 0 Å². The van der Waals surface area contributed by atoms with E-state index in [0.717, 1.165) is 0 Å². The topological polar surface area (TPSA) is 0 Å². The first-order valence-corrected chi connectivity index (χ1v) is 13.5. The third-order valence-electron chi connectivity index (χ3n) is 2.35. The van der Waals surface area contributed by atoms with Crippen molar-refractivity contribution in [1.82, 2.24) is 0 Å². The Morgan fingerprint density at radius 2 is 0.882 bits per heavy atom. The first-order chi connectivity index (χ1) is 8.22. The van der Waals surface area contributed by atoms with E-state index in [9.17, 15) is 0 Å². The van der Waals surface area contributed by atoms with Crippen LogP contribution in [0.4, 0.5) is 0 Å². The Morgan fingerprint density at radius 3 is 1.24 bits per heavy atom. The van der Waals surface area contributed by atoms with E-state index in [-0.39, 0.29) is 0 Å². The second-order valence-corrected chi connectivity index (χ2v) is 19.4. The third-order valence-corrected chi connectivity index (χ3v) is 14.6. The molecule has 0 aromatic carbocycles. The Kier molecular flexibility index (Phi) is 4.73. The van der Waals surface area contributed by atoms with Gasteiger partial charge in [-0.05, 0) is 0 Å². The van der Waals surface area contributed by atoms with Gasteiger partial charge in [-0.2, -0.15) is 0 Å². The Morgan fingerprint density at radius 1 is 0.529 bits per heavy atom. The summed E-state index contributed by atoms with van der Waals surface area (Å²) in [4.78, 5) is 0. The third kappa shape index (κ3) is 3.20. The van der Waals surface area contributed by atoms with Crippen LogP contribution in [0.2, 0.25) is 0 Å². The zero-order valence-electron chi connectivity index (χ0n) is 8.84. The molecule has 0 aliphatic heterocycles. The first-order valence-electron chi connectivity index (χ1n) is 5.03. The molecule has 0 aliphatic rings. The van der Waals surface area contributed by atoms with E-state index in [0.29, 0.717) is 43.5 Å². The first kappa shape index (κ1) is 13.6. The van der Waals surface area contributed by atoms with Gasteiger partial charge in [-0.3, -0.25) is 0 Å². The molecule has 0 aliphatic carbocycles. The van der Waals surface area contributed by atoms with Gasteiger partial charge in [0.05, 0.1) is 0 Å². The van der Waals surface area contributed by atoms with Gasteiger partial charge in [0.15, 0.2) is 0 Å². The minimum absolute atomic E-state index is 0.583. The van der Waals surface area contributed by atoms with Crippen molar-refractivity contribution < 1.29 is 0 Å². The summed E-state index contributed by atoms with van der Waals surface area (Å²) in [6, 6.07) is 14.2. The molecule has 17 heavy (non-hydrogen) atoms. The fraction of sp³-hybridized carbons (Fsp3) is 0. The fourth-order valence-electron chi connectivity index (χ4n) is 1.57. The molecule has 3 heterocycles. The van der Waals surface area contributed by atoms with Crippen LogP contribution in [-0.4, -0.2) is 88.6 Å². The standard InChI is InChI=1S/C12H6Se3.2Sn.2H/c1-3-9(13-7-1)11-5-6-12(15-11)10-4-2-8-14-10;;;;/h1-6H;;;;. The maximum atomic E-state index is 2.39. The van der Waals surface area contributed by atoms with Crippen LogP contribution in [0, 0.1) is 0 Å². The van der Waals surface area contributed by atoms with Gasteiger partial charge >= 0.3 is 148 Å². The van der Waals surface area contributed by atoms with Crippen molar-refractivity contribution in [3.8, 4) is 17.7 Å². The van der Waals surface area contributed by atoms with Gasteiger partial charge in [0, 0.05) is 0 Å². The Hall–Kier alpha value is 1.60. The van der Waals surface area contributed by atoms with Crippen LogP contribution in [0.3, 0.4) is 0 Å². The van der Waals surface area contributed by atoms with E-state index in [1.807, 2.05) is 0 Å². The fourth-order valence-corrected chi connectivity index (χ4v) is 12.4. The molecule has 3 aromatic heterocycles. The van der Waals surface area contributed by atoms with Crippen molar-refractivity contribution in [2.24, 2.45) is 0 Å². The second-order valence-electron chi connectivity index (χ2n) is 3.57. The van der Waals surface area contributed by atoms with E-state index in [1.54, 1.807) is 22.7 Å². The predicted octanol–water partition coefficient (Wildman–Crippen LogP) is -0.756. The quantitative estimate of drug-likeness (QED) is 0.329. The zero-order chi connectivity index (χ0) is 11.8. The van der Waals surface area contributed by atoms with Crippen molar-refractivity contribution in [3.05, 3.63) is 36.4 Å². The van der Waals surface area contributed by atoms with Gasteiger partial charge in [0.25, 0.3) is 0 Å². The molecule has 0 fully saturated rings. The molecule has 0 saturated heterocycles. The predicted molar refractivity (Wildman–Crippen MR) is 81.7 cm³/mol. The van der Waals surface area contributed by atoms with E-state index in [4.69, 9.17) is 0 Å². The Balaban J connectivity index is 1.98. The molecular formula is C12H8Se3Sn2. The zero-order valence-corrected chi connectivity index (χ0v) is 20.6. The van der Waals surface area contributed by atoms with Crippen LogP contribution in [0.1, 0.15) is 0 Å². The van der Waals surface area contributed by atoms with Gasteiger partial charge in [0.1, 0.15) is 0 Å². The van der Waals surface area contributed by atoms with Crippen molar-refractivity contribution in [2.45, 2.75) is 0 Å². The molecule has 0 atom stereocenters. The SMILES string of the molecule is [SnH][c]1ccc(-c2ccc(-c3cc[c]([SnH])[se]3)[se]2)[se]1. The van der Waals surface area contributed by atoms with E-state index in [2.05, 4.69) is 36.4 Å². The molecule has 4 radical (unpaired) electrons. The Labute approximate surface area is 145 Å². The minimum atomic E-state index is 0.583. The van der Waals surface area contributed by atoms with E-state index < -0.39 is 0 Å². The molecule has 0 spiro atoms. The second kappa shape index (κ2) is 5.93. The van der Waals surface area contributed by atoms with E-state index in [1.165, 1.54) is 45.0 Å². The van der Waals surface area contributed by atoms with Gasteiger partial charge < -0.3 is 0 Å². The molecular weight excluding hydrogens is 618 g/mol. The summed E-state index contributed by atoms with van der Waals surface area (Å²) in [5.41, 5.74) is 0. The van der Waals surface area contributed by atoms with Crippen LogP contribution in [-0.2, 0) is 0 Å². The van der Waals surface area contributed by atoms with Crippen LogP contribution in [0.5, 0.6) is 0 Å². The average molecular weight is 626 g/mol.